The summed E-state index contributed by atoms with van der Waals surface area (Å²) in [6.45, 7) is 7.69. The highest BCUT2D eigenvalue weighted by atomic mass is 32.2. The predicted molar refractivity (Wildman–Crippen MR) is 181 cm³/mol. The van der Waals surface area contributed by atoms with Crippen LogP contribution in [0.15, 0.2) is 47.4 Å². The topological polar surface area (TPSA) is 155 Å². The maximum absolute atomic E-state index is 13.3. The summed E-state index contributed by atoms with van der Waals surface area (Å²) in [5.41, 5.74) is 0.667. The Morgan fingerprint density at radius 1 is 1.02 bits per heavy atom. The number of benzene rings is 2. The van der Waals surface area contributed by atoms with E-state index in [-0.39, 0.29) is 36.1 Å². The molecule has 3 aliphatic rings. The van der Waals surface area contributed by atoms with Crippen molar-refractivity contribution >= 4 is 47.2 Å². The van der Waals surface area contributed by atoms with Crippen LogP contribution in [-0.2, 0) is 25.3 Å². The zero-order valence-electron chi connectivity index (χ0n) is 28.1. The van der Waals surface area contributed by atoms with Gasteiger partial charge in [0.2, 0.25) is 0 Å². The first-order valence-corrected chi connectivity index (χ1v) is 17.2. The van der Waals surface area contributed by atoms with Crippen molar-refractivity contribution in [2.75, 3.05) is 45.2 Å². The molecule has 3 aliphatic heterocycles. The Hall–Kier alpha value is -4.14. The minimum absolute atomic E-state index is 0.0331. The average molecular weight is 684 g/mol. The van der Waals surface area contributed by atoms with Gasteiger partial charge in [-0.05, 0) is 90.5 Å². The number of nitrogens with zero attached hydrogens (tertiary/aromatic N) is 3. The van der Waals surface area contributed by atoms with E-state index in [4.69, 9.17) is 9.47 Å². The molecule has 2 fully saturated rings. The molecule has 3 heterocycles. The van der Waals surface area contributed by atoms with Crippen molar-refractivity contribution in [3.8, 4) is 5.75 Å². The highest BCUT2D eigenvalue weighted by Gasteiger charge is 2.41. The smallest absolute Gasteiger partial charge is 0.407 e. The number of carbonyl (C=O) groups is 5. The Morgan fingerprint density at radius 2 is 1.69 bits per heavy atom. The van der Waals surface area contributed by atoms with E-state index in [1.807, 2.05) is 56.2 Å². The van der Waals surface area contributed by atoms with Gasteiger partial charge in [0.25, 0.3) is 11.8 Å². The van der Waals surface area contributed by atoms with Gasteiger partial charge in [-0.1, -0.05) is 6.07 Å². The Balaban J connectivity index is 0.00000167. The zero-order valence-corrected chi connectivity index (χ0v) is 28.9. The van der Waals surface area contributed by atoms with E-state index in [9.17, 15) is 28.2 Å². The van der Waals surface area contributed by atoms with E-state index < -0.39 is 40.5 Å². The summed E-state index contributed by atoms with van der Waals surface area (Å²) in [6, 6.07) is 11.2. The van der Waals surface area contributed by atoms with Crippen LogP contribution in [0.3, 0.4) is 0 Å². The number of carbonyl (C=O) groups excluding carboxylic acids is 5. The first-order valence-electron chi connectivity index (χ1n) is 16.1. The summed E-state index contributed by atoms with van der Waals surface area (Å²) in [5, 5.41) is 5.65. The quantitative estimate of drug-likeness (QED) is 0.267. The molecule has 2 atom stereocenters. The standard InChI is InChI=1S/C32H38N4O8S.C2H7N/c1-32(2,3)44-31(41)33-21-11-13-35(14-12-21)45(42)26-8-4-7-24(17-26)43-25-18-34(19-25)22-9-10-27-28(16-22)30(40)36(29(27)39)23(20-38)6-5-15-37;1-3-2/h4,7-10,15-17,20-21,23,25H,5-6,11-14,18-19H2,1-3H3,(H,33,41);3H,1-2H3. The summed E-state index contributed by atoms with van der Waals surface area (Å²) >= 11 is 0. The third-order valence-corrected chi connectivity index (χ3v) is 9.39. The summed E-state index contributed by atoms with van der Waals surface area (Å²) in [6.07, 6.45) is 2.11. The third kappa shape index (κ3) is 9.05. The molecular formula is C34H45N5O8S. The van der Waals surface area contributed by atoms with Gasteiger partial charge in [0, 0.05) is 31.2 Å². The van der Waals surface area contributed by atoms with Crippen LogP contribution in [0.4, 0.5) is 10.5 Å². The normalized spacial score (nSPS) is 18.2. The number of hydrogen-bond donors (Lipinski definition) is 2. The van der Waals surface area contributed by atoms with Crippen LogP contribution in [0.1, 0.15) is 67.2 Å². The molecule has 0 spiro atoms. The number of piperidine rings is 1. The molecule has 2 N–H and O–H groups in total. The number of aldehydes is 2. The number of amides is 3. The van der Waals surface area contributed by atoms with Gasteiger partial charge in [0.1, 0.15) is 41.0 Å². The summed E-state index contributed by atoms with van der Waals surface area (Å²) in [7, 11) is 2.37. The molecule has 2 unspecified atom stereocenters. The maximum Gasteiger partial charge on any atom is 0.407 e. The number of fused-ring (bicyclic) bond motifs is 1. The lowest BCUT2D eigenvalue weighted by molar-refractivity contribution is -0.112. The maximum atomic E-state index is 13.3. The SMILES string of the molecule is CC(C)(C)OC(=O)NC1CCN(S(=O)c2cccc(OC3CN(c4ccc5c(c4)C(=O)N(C(C=O)CCC=O)C5=O)C3)c2)CC1.CNC. The van der Waals surface area contributed by atoms with Crippen molar-refractivity contribution in [1.29, 1.82) is 0 Å². The average Bonchev–Trinajstić information content (AvgIpc) is 3.27. The van der Waals surface area contributed by atoms with Gasteiger partial charge in [-0.2, -0.15) is 0 Å². The van der Waals surface area contributed by atoms with Crippen LogP contribution in [0.2, 0.25) is 0 Å². The second kappa shape index (κ2) is 16.3. The van der Waals surface area contributed by atoms with Gasteiger partial charge < -0.3 is 34.6 Å². The molecular weight excluding hydrogens is 638 g/mol. The minimum atomic E-state index is -1.38. The van der Waals surface area contributed by atoms with E-state index in [0.717, 1.165) is 10.6 Å². The number of rotatable bonds is 11. The fraction of sp³-hybridized carbons (Fsp3) is 0.500. The molecule has 0 bridgehead atoms. The largest absolute Gasteiger partial charge is 0.487 e. The lowest BCUT2D eigenvalue weighted by atomic mass is 10.1. The first kappa shape index (κ1) is 36.7. The van der Waals surface area contributed by atoms with Crippen molar-refractivity contribution in [2.45, 2.75) is 75.1 Å². The van der Waals surface area contributed by atoms with Crippen LogP contribution >= 0.6 is 0 Å². The minimum Gasteiger partial charge on any atom is -0.487 e. The number of hydrogen-bond acceptors (Lipinski definition) is 10. The van der Waals surface area contributed by atoms with Crippen LogP contribution in [0.25, 0.3) is 0 Å². The summed E-state index contributed by atoms with van der Waals surface area (Å²) in [5.74, 6) is -0.470. The van der Waals surface area contributed by atoms with E-state index in [2.05, 4.69) is 10.6 Å². The summed E-state index contributed by atoms with van der Waals surface area (Å²) in [4.78, 5) is 63.9. The molecule has 14 heteroatoms. The van der Waals surface area contributed by atoms with Crippen LogP contribution < -0.4 is 20.3 Å². The van der Waals surface area contributed by atoms with Gasteiger partial charge in [0.05, 0.1) is 35.2 Å². The molecule has 2 aromatic rings. The molecule has 0 aliphatic carbocycles. The molecule has 2 saturated heterocycles. The third-order valence-electron chi connectivity index (χ3n) is 7.90. The molecule has 0 saturated carbocycles. The van der Waals surface area contributed by atoms with Gasteiger partial charge >= 0.3 is 6.09 Å². The number of alkyl carbamates (subject to hydrolysis) is 1. The second-order valence-electron chi connectivity index (χ2n) is 12.9. The number of anilines is 1. The van der Waals surface area contributed by atoms with Crippen molar-refractivity contribution in [2.24, 2.45) is 0 Å². The molecule has 260 valence electrons. The molecule has 2 aromatic carbocycles. The molecule has 0 radical (unpaired) electrons. The number of nitrogens with one attached hydrogen (secondary N) is 2. The highest BCUT2D eigenvalue weighted by Crippen LogP contribution is 2.32. The van der Waals surface area contributed by atoms with E-state index >= 15 is 0 Å². The Morgan fingerprint density at radius 3 is 2.31 bits per heavy atom. The van der Waals surface area contributed by atoms with Gasteiger partial charge in [0.15, 0.2) is 0 Å². The van der Waals surface area contributed by atoms with Gasteiger partial charge in [-0.25, -0.2) is 13.3 Å². The van der Waals surface area contributed by atoms with Crippen LogP contribution in [0.5, 0.6) is 5.75 Å². The Kier molecular flexibility index (Phi) is 12.5. The van der Waals surface area contributed by atoms with E-state index in [1.54, 1.807) is 30.3 Å². The molecule has 0 aromatic heterocycles. The molecule has 48 heavy (non-hydrogen) atoms. The van der Waals surface area contributed by atoms with Crippen molar-refractivity contribution in [3.63, 3.8) is 0 Å². The molecule has 3 amide bonds. The Bertz CT molecular complexity index is 1520. The highest BCUT2D eigenvalue weighted by molar-refractivity contribution is 7.82. The first-order chi connectivity index (χ1) is 22.9. The monoisotopic (exact) mass is 683 g/mol. The van der Waals surface area contributed by atoms with Crippen LogP contribution in [0, 0.1) is 0 Å². The lowest BCUT2D eigenvalue weighted by Gasteiger charge is -2.40. The van der Waals surface area contributed by atoms with Crippen molar-refractivity contribution < 1.29 is 37.7 Å². The number of ether oxygens (including phenoxy) is 2. The molecule has 13 nitrogen and oxygen atoms in total. The fourth-order valence-electron chi connectivity index (χ4n) is 5.60. The fourth-order valence-corrected chi connectivity index (χ4v) is 6.86. The van der Waals surface area contributed by atoms with E-state index in [0.29, 0.717) is 62.2 Å². The van der Waals surface area contributed by atoms with Gasteiger partial charge in [-0.3, -0.25) is 14.5 Å². The van der Waals surface area contributed by atoms with E-state index in [1.165, 1.54) is 0 Å². The van der Waals surface area contributed by atoms with Crippen molar-refractivity contribution in [1.82, 2.24) is 19.8 Å². The number of imide groups is 1. The Labute approximate surface area is 283 Å². The van der Waals surface area contributed by atoms with Gasteiger partial charge in [-0.15, -0.1) is 0 Å². The second-order valence-corrected chi connectivity index (χ2v) is 14.4. The summed E-state index contributed by atoms with van der Waals surface area (Å²) < 4.78 is 26.7. The molecule has 5 rings (SSSR count). The lowest BCUT2D eigenvalue weighted by Crippen LogP contribution is -2.54. The zero-order chi connectivity index (χ0) is 35.0. The van der Waals surface area contributed by atoms with Crippen molar-refractivity contribution in [3.05, 3.63) is 53.6 Å². The predicted octanol–water partition coefficient (Wildman–Crippen LogP) is 2.94. The van der Waals surface area contributed by atoms with Crippen LogP contribution in [-0.4, -0.2) is 108 Å².